The highest BCUT2D eigenvalue weighted by Crippen LogP contribution is 2.33. The van der Waals surface area contributed by atoms with Crippen LogP contribution in [-0.4, -0.2) is 39.5 Å². The van der Waals surface area contributed by atoms with Gasteiger partial charge in [0.15, 0.2) is 5.82 Å². The highest BCUT2D eigenvalue weighted by atomic mass is 32.1. The first kappa shape index (κ1) is 17.9. The minimum Gasteiger partial charge on any atom is -0.355 e. The maximum Gasteiger partial charge on any atom is 0.251 e. The number of nitrogens with one attached hydrogen (secondary N) is 3. The van der Waals surface area contributed by atoms with Crippen molar-refractivity contribution in [2.75, 3.05) is 17.7 Å². The molecule has 10 heteroatoms. The Hall–Kier alpha value is -3.53. The van der Waals surface area contributed by atoms with E-state index in [1.165, 1.54) is 18.4 Å². The number of nitrogens with zero attached hydrogens (tertiary/aromatic N) is 3. The van der Waals surface area contributed by atoms with Gasteiger partial charge in [0.2, 0.25) is 17.8 Å². The van der Waals surface area contributed by atoms with Crippen LogP contribution in [0.15, 0.2) is 41.8 Å². The van der Waals surface area contributed by atoms with Crippen LogP contribution in [0, 0.1) is 0 Å². The van der Waals surface area contributed by atoms with Crippen molar-refractivity contribution in [1.82, 2.24) is 20.1 Å². The Kier molecular flexibility index (Phi) is 4.62. The van der Waals surface area contributed by atoms with E-state index in [0.717, 1.165) is 4.88 Å². The van der Waals surface area contributed by atoms with E-state index in [4.69, 9.17) is 0 Å². The summed E-state index contributed by atoms with van der Waals surface area (Å²) in [6, 6.07) is 9.53. The highest BCUT2D eigenvalue weighted by molar-refractivity contribution is 7.13. The molecule has 3 N–H and O–H groups in total. The molecular weight excluding hydrogens is 380 g/mol. The number of hydrogen-bond acceptors (Lipinski definition) is 6. The number of rotatable bonds is 4. The van der Waals surface area contributed by atoms with E-state index in [-0.39, 0.29) is 30.1 Å². The van der Waals surface area contributed by atoms with E-state index >= 15 is 0 Å². The van der Waals surface area contributed by atoms with Gasteiger partial charge in [-0.25, -0.2) is 0 Å². The predicted octanol–water partition coefficient (Wildman–Crippen LogP) is 1.89. The summed E-state index contributed by atoms with van der Waals surface area (Å²) in [4.78, 5) is 37.7. The van der Waals surface area contributed by atoms with E-state index in [2.05, 4.69) is 26.1 Å². The summed E-state index contributed by atoms with van der Waals surface area (Å²) in [6.45, 7) is 0. The largest absolute Gasteiger partial charge is 0.355 e. The summed E-state index contributed by atoms with van der Waals surface area (Å²) >= 11 is 1.47. The fraction of sp³-hybridized carbons (Fsp3) is 0.167. The van der Waals surface area contributed by atoms with Crippen molar-refractivity contribution in [3.05, 3.63) is 47.3 Å². The van der Waals surface area contributed by atoms with Crippen molar-refractivity contribution < 1.29 is 14.4 Å². The lowest BCUT2D eigenvalue weighted by Crippen LogP contribution is -2.35. The van der Waals surface area contributed by atoms with Crippen molar-refractivity contribution >= 4 is 40.7 Å². The third kappa shape index (κ3) is 3.25. The van der Waals surface area contributed by atoms with Gasteiger partial charge in [0, 0.05) is 18.3 Å². The molecule has 1 atom stereocenters. The summed E-state index contributed by atoms with van der Waals surface area (Å²) in [7, 11) is 1.54. The molecule has 3 amide bonds. The van der Waals surface area contributed by atoms with Gasteiger partial charge in [0.25, 0.3) is 5.91 Å². The van der Waals surface area contributed by atoms with Crippen LogP contribution in [-0.2, 0) is 9.59 Å². The smallest absolute Gasteiger partial charge is 0.251 e. The normalized spacial score (nSPS) is 15.5. The Balaban J connectivity index is 1.65. The van der Waals surface area contributed by atoms with Crippen molar-refractivity contribution in [2.24, 2.45) is 0 Å². The minimum atomic E-state index is -0.806. The van der Waals surface area contributed by atoms with Crippen LogP contribution in [0.5, 0.6) is 0 Å². The topological polar surface area (TPSA) is 118 Å². The maximum absolute atomic E-state index is 13.0. The third-order valence-electron chi connectivity index (χ3n) is 4.30. The average Bonchev–Trinajstić information content (AvgIpc) is 3.36. The van der Waals surface area contributed by atoms with Gasteiger partial charge in [-0.15, -0.1) is 21.5 Å². The molecule has 2 aromatic heterocycles. The van der Waals surface area contributed by atoms with Gasteiger partial charge in [-0.2, -0.15) is 0 Å². The van der Waals surface area contributed by atoms with Crippen LogP contribution in [0.2, 0.25) is 0 Å². The van der Waals surface area contributed by atoms with E-state index in [1.807, 2.05) is 17.5 Å². The Bertz CT molecular complexity index is 1060. The molecule has 1 aromatic carbocycles. The van der Waals surface area contributed by atoms with Crippen LogP contribution < -0.4 is 16.0 Å². The molecule has 0 bridgehead atoms. The minimum absolute atomic E-state index is 0.0373. The first-order valence-corrected chi connectivity index (χ1v) is 9.36. The fourth-order valence-electron chi connectivity index (χ4n) is 3.01. The molecule has 0 aliphatic carbocycles. The molecule has 142 valence electrons. The molecule has 1 aliphatic heterocycles. The first-order chi connectivity index (χ1) is 13.6. The number of amides is 3. The van der Waals surface area contributed by atoms with E-state index < -0.39 is 6.04 Å². The molecule has 0 saturated heterocycles. The standard InChI is InChI=1S/C18H16N6O3S/c1-19-16(26)10-4-2-5-11(8-10)20-17(27)12-9-14(25)21-18-23-22-15(24(12)18)13-6-3-7-28-13/h2-8,12H,9H2,1H3,(H,19,26)(H,20,27)(H,21,23,25). The molecule has 3 aromatic rings. The molecule has 0 radical (unpaired) electrons. The Morgan fingerprint density at radius 2 is 2.11 bits per heavy atom. The zero-order valence-corrected chi connectivity index (χ0v) is 15.6. The lowest BCUT2D eigenvalue weighted by Gasteiger charge is -2.24. The van der Waals surface area contributed by atoms with Crippen molar-refractivity contribution in [3.63, 3.8) is 0 Å². The van der Waals surface area contributed by atoms with Crippen LogP contribution in [0.3, 0.4) is 0 Å². The van der Waals surface area contributed by atoms with Crippen molar-refractivity contribution in [2.45, 2.75) is 12.5 Å². The van der Waals surface area contributed by atoms with Crippen LogP contribution >= 0.6 is 11.3 Å². The lowest BCUT2D eigenvalue weighted by atomic mass is 10.1. The number of thiophene rings is 1. The molecule has 3 heterocycles. The van der Waals surface area contributed by atoms with Gasteiger partial charge >= 0.3 is 0 Å². The molecule has 0 spiro atoms. The van der Waals surface area contributed by atoms with Crippen LogP contribution in [0.1, 0.15) is 22.8 Å². The molecule has 0 saturated carbocycles. The average molecular weight is 396 g/mol. The Labute approximate surface area is 163 Å². The second-order valence-corrected chi connectivity index (χ2v) is 7.06. The maximum atomic E-state index is 13.0. The fourth-order valence-corrected chi connectivity index (χ4v) is 3.71. The summed E-state index contributed by atoms with van der Waals surface area (Å²) in [5.41, 5.74) is 0.885. The first-order valence-electron chi connectivity index (χ1n) is 8.48. The summed E-state index contributed by atoms with van der Waals surface area (Å²) < 4.78 is 1.63. The Morgan fingerprint density at radius 3 is 2.86 bits per heavy atom. The van der Waals surface area contributed by atoms with E-state index in [1.54, 1.807) is 28.8 Å². The summed E-state index contributed by atoms with van der Waals surface area (Å²) in [5.74, 6) is -0.197. The SMILES string of the molecule is CNC(=O)c1cccc(NC(=O)C2CC(=O)Nc3nnc(-c4cccs4)n32)c1. The lowest BCUT2D eigenvalue weighted by molar-refractivity contribution is -0.125. The molecule has 9 nitrogen and oxygen atoms in total. The van der Waals surface area contributed by atoms with E-state index in [9.17, 15) is 14.4 Å². The van der Waals surface area contributed by atoms with Crippen LogP contribution in [0.4, 0.5) is 11.6 Å². The van der Waals surface area contributed by atoms with E-state index in [0.29, 0.717) is 17.1 Å². The number of carbonyl (C=O) groups is 3. The molecule has 28 heavy (non-hydrogen) atoms. The summed E-state index contributed by atoms with van der Waals surface area (Å²) in [5, 5.41) is 18.0. The number of aromatic nitrogens is 3. The number of fused-ring (bicyclic) bond motifs is 1. The van der Waals surface area contributed by atoms with Crippen molar-refractivity contribution in [1.29, 1.82) is 0 Å². The van der Waals surface area contributed by atoms with Gasteiger partial charge in [-0.1, -0.05) is 12.1 Å². The van der Waals surface area contributed by atoms with Gasteiger partial charge in [-0.3, -0.25) is 24.3 Å². The molecule has 4 rings (SSSR count). The molecule has 1 aliphatic rings. The monoisotopic (exact) mass is 396 g/mol. The summed E-state index contributed by atoms with van der Waals surface area (Å²) in [6.07, 6.45) is -0.0373. The third-order valence-corrected chi connectivity index (χ3v) is 5.17. The second kappa shape index (κ2) is 7.24. The molecular formula is C18H16N6O3S. The second-order valence-electron chi connectivity index (χ2n) is 6.11. The number of hydrogen-bond donors (Lipinski definition) is 3. The number of anilines is 2. The van der Waals surface area contributed by atoms with Gasteiger partial charge < -0.3 is 10.6 Å². The molecule has 0 fully saturated rings. The van der Waals surface area contributed by atoms with Gasteiger partial charge in [-0.05, 0) is 29.6 Å². The number of carbonyl (C=O) groups excluding carboxylic acids is 3. The number of benzene rings is 1. The predicted molar refractivity (Wildman–Crippen MR) is 104 cm³/mol. The van der Waals surface area contributed by atoms with Gasteiger partial charge in [0.05, 0.1) is 11.3 Å². The zero-order chi connectivity index (χ0) is 19.7. The quantitative estimate of drug-likeness (QED) is 0.622. The van der Waals surface area contributed by atoms with Gasteiger partial charge in [0.1, 0.15) is 6.04 Å². The highest BCUT2D eigenvalue weighted by Gasteiger charge is 2.34. The van der Waals surface area contributed by atoms with Crippen LogP contribution in [0.25, 0.3) is 10.7 Å². The Morgan fingerprint density at radius 1 is 1.25 bits per heavy atom. The zero-order valence-electron chi connectivity index (χ0n) is 14.8. The molecule has 1 unspecified atom stereocenters. The van der Waals surface area contributed by atoms with Crippen molar-refractivity contribution in [3.8, 4) is 10.7 Å².